The number of carbonyl (C=O) groups excluding carboxylic acids is 1. The van der Waals surface area contributed by atoms with Crippen LogP contribution < -0.4 is 18.9 Å². The van der Waals surface area contributed by atoms with Crippen molar-refractivity contribution in [2.75, 3.05) is 21.3 Å². The maximum atomic E-state index is 12.3. The topological polar surface area (TPSA) is 54.0 Å². The quantitative estimate of drug-likeness (QED) is 0.599. The number of benzene rings is 2. The highest BCUT2D eigenvalue weighted by atomic mass is 16.5. The average Bonchev–Trinajstić information content (AvgIpc) is 2.57. The third-order valence-corrected chi connectivity index (χ3v) is 3.70. The van der Waals surface area contributed by atoms with E-state index in [2.05, 4.69) is 0 Å². The molecule has 0 radical (unpaired) electrons. The molecule has 128 valence electrons. The van der Waals surface area contributed by atoms with Crippen molar-refractivity contribution >= 4 is 5.97 Å². The van der Waals surface area contributed by atoms with Crippen molar-refractivity contribution in [1.29, 1.82) is 0 Å². The fraction of sp³-hybridized carbons (Fsp3) is 0.316. The third kappa shape index (κ3) is 3.79. The molecule has 2 aromatic rings. The van der Waals surface area contributed by atoms with E-state index in [4.69, 9.17) is 18.9 Å². The maximum absolute atomic E-state index is 12.3. The zero-order chi connectivity index (χ0) is 17.7. The fourth-order valence-corrected chi connectivity index (χ4v) is 2.51. The van der Waals surface area contributed by atoms with Gasteiger partial charge in [-0.25, -0.2) is 0 Å². The lowest BCUT2D eigenvalue weighted by Crippen LogP contribution is -2.13. The first-order valence-electron chi connectivity index (χ1n) is 7.56. The van der Waals surface area contributed by atoms with Gasteiger partial charge in [0.15, 0.2) is 11.5 Å². The molecule has 0 aliphatic rings. The first-order chi connectivity index (χ1) is 11.5. The number of hydrogen-bond donors (Lipinski definition) is 0. The smallest absolute Gasteiger partial charge is 0.315 e. The molecule has 0 saturated carbocycles. The lowest BCUT2D eigenvalue weighted by atomic mass is 10.1. The van der Waals surface area contributed by atoms with Crippen LogP contribution in [0, 0.1) is 13.8 Å². The van der Waals surface area contributed by atoms with Crippen LogP contribution in [0.15, 0.2) is 30.3 Å². The summed E-state index contributed by atoms with van der Waals surface area (Å²) in [6, 6.07) is 9.24. The lowest BCUT2D eigenvalue weighted by molar-refractivity contribution is -0.133. The van der Waals surface area contributed by atoms with Crippen molar-refractivity contribution < 1.29 is 23.7 Å². The molecule has 5 heteroatoms. The van der Waals surface area contributed by atoms with Crippen LogP contribution in [-0.2, 0) is 11.2 Å². The van der Waals surface area contributed by atoms with Gasteiger partial charge < -0.3 is 18.9 Å². The van der Waals surface area contributed by atoms with Crippen molar-refractivity contribution in [3.8, 4) is 23.0 Å². The summed E-state index contributed by atoms with van der Waals surface area (Å²) in [5.41, 5.74) is 2.57. The molecule has 0 atom stereocenters. The molecule has 0 bridgehead atoms. The van der Waals surface area contributed by atoms with Gasteiger partial charge in [-0.1, -0.05) is 18.2 Å². The second-order valence-corrected chi connectivity index (χ2v) is 5.41. The Morgan fingerprint density at radius 1 is 0.875 bits per heavy atom. The number of ether oxygens (including phenoxy) is 4. The van der Waals surface area contributed by atoms with Gasteiger partial charge in [0.1, 0.15) is 5.75 Å². The number of hydrogen-bond acceptors (Lipinski definition) is 5. The van der Waals surface area contributed by atoms with Gasteiger partial charge in [-0.15, -0.1) is 0 Å². The van der Waals surface area contributed by atoms with Crippen molar-refractivity contribution in [2.45, 2.75) is 20.3 Å². The highest BCUT2D eigenvalue weighted by molar-refractivity contribution is 5.76. The zero-order valence-electron chi connectivity index (χ0n) is 14.6. The molecule has 0 aliphatic heterocycles. The molecule has 0 amide bonds. The average molecular weight is 330 g/mol. The van der Waals surface area contributed by atoms with Gasteiger partial charge in [0.2, 0.25) is 5.75 Å². The van der Waals surface area contributed by atoms with Crippen LogP contribution in [0.25, 0.3) is 0 Å². The van der Waals surface area contributed by atoms with E-state index in [9.17, 15) is 4.79 Å². The van der Waals surface area contributed by atoms with E-state index in [1.54, 1.807) is 12.1 Å². The van der Waals surface area contributed by atoms with Gasteiger partial charge in [-0.05, 0) is 42.7 Å². The SMILES string of the molecule is COc1cc(CC(=O)Oc2c(C)cccc2C)cc(OC)c1OC. The van der Waals surface area contributed by atoms with Crippen molar-refractivity contribution in [1.82, 2.24) is 0 Å². The lowest BCUT2D eigenvalue weighted by Gasteiger charge is -2.14. The Morgan fingerprint density at radius 2 is 1.42 bits per heavy atom. The number of esters is 1. The standard InChI is InChI=1S/C19H22O5/c1-12-7-6-8-13(2)18(12)24-17(20)11-14-9-15(21-3)19(23-5)16(10-14)22-4/h6-10H,11H2,1-5H3. The van der Waals surface area contributed by atoms with Gasteiger partial charge in [0.25, 0.3) is 0 Å². The van der Waals surface area contributed by atoms with E-state index in [1.165, 1.54) is 21.3 Å². The van der Waals surface area contributed by atoms with Crippen LogP contribution in [0.5, 0.6) is 23.0 Å². The summed E-state index contributed by atoms with van der Waals surface area (Å²) in [7, 11) is 4.61. The first-order valence-corrected chi connectivity index (χ1v) is 7.56. The Labute approximate surface area is 142 Å². The highest BCUT2D eigenvalue weighted by Gasteiger charge is 2.16. The molecule has 2 rings (SSSR count). The predicted octanol–water partition coefficient (Wildman–Crippen LogP) is 3.48. The molecule has 0 spiro atoms. The molecule has 2 aromatic carbocycles. The summed E-state index contributed by atoms with van der Waals surface area (Å²) in [5, 5.41) is 0. The molecular formula is C19H22O5. The third-order valence-electron chi connectivity index (χ3n) is 3.70. The number of para-hydroxylation sites is 1. The Hall–Kier alpha value is -2.69. The number of aryl methyl sites for hydroxylation is 2. The molecule has 0 fully saturated rings. The van der Waals surface area contributed by atoms with Gasteiger partial charge in [0.05, 0.1) is 27.8 Å². The molecule has 0 saturated heterocycles. The van der Waals surface area contributed by atoms with Crippen LogP contribution in [0.1, 0.15) is 16.7 Å². The monoisotopic (exact) mass is 330 g/mol. The predicted molar refractivity (Wildman–Crippen MR) is 91.4 cm³/mol. The minimum Gasteiger partial charge on any atom is -0.493 e. The summed E-state index contributed by atoms with van der Waals surface area (Å²) in [5.74, 6) is 1.77. The van der Waals surface area contributed by atoms with Crippen LogP contribution in [-0.4, -0.2) is 27.3 Å². The summed E-state index contributed by atoms with van der Waals surface area (Å²) in [4.78, 5) is 12.3. The second-order valence-electron chi connectivity index (χ2n) is 5.41. The molecular weight excluding hydrogens is 308 g/mol. The first kappa shape index (κ1) is 17.7. The van der Waals surface area contributed by atoms with Crippen LogP contribution in [0.4, 0.5) is 0 Å². The Kier molecular flexibility index (Phi) is 5.68. The van der Waals surface area contributed by atoms with Crippen molar-refractivity contribution in [3.05, 3.63) is 47.0 Å². The normalized spacial score (nSPS) is 10.2. The molecule has 0 aliphatic carbocycles. The molecule has 0 aromatic heterocycles. The number of methoxy groups -OCH3 is 3. The van der Waals surface area contributed by atoms with E-state index >= 15 is 0 Å². The summed E-state index contributed by atoms with van der Waals surface area (Å²) in [6.07, 6.45) is 0.102. The largest absolute Gasteiger partial charge is 0.493 e. The van der Waals surface area contributed by atoms with E-state index in [0.29, 0.717) is 23.0 Å². The van der Waals surface area contributed by atoms with Crippen molar-refractivity contribution in [2.24, 2.45) is 0 Å². The van der Waals surface area contributed by atoms with Crippen LogP contribution >= 0.6 is 0 Å². The number of carbonyl (C=O) groups is 1. The summed E-state index contributed by atoms with van der Waals surface area (Å²) < 4.78 is 21.4. The summed E-state index contributed by atoms with van der Waals surface area (Å²) in [6.45, 7) is 3.82. The van der Waals surface area contributed by atoms with Crippen LogP contribution in [0.3, 0.4) is 0 Å². The Balaban J connectivity index is 2.23. The summed E-state index contributed by atoms with van der Waals surface area (Å²) >= 11 is 0. The molecule has 0 N–H and O–H groups in total. The zero-order valence-corrected chi connectivity index (χ0v) is 14.6. The minimum absolute atomic E-state index is 0.102. The molecule has 24 heavy (non-hydrogen) atoms. The van der Waals surface area contributed by atoms with E-state index in [1.807, 2.05) is 32.0 Å². The van der Waals surface area contributed by atoms with Gasteiger partial charge >= 0.3 is 5.97 Å². The fourth-order valence-electron chi connectivity index (χ4n) is 2.51. The molecule has 0 unspecified atom stereocenters. The molecule has 0 heterocycles. The van der Waals surface area contributed by atoms with Gasteiger partial charge in [-0.3, -0.25) is 4.79 Å². The van der Waals surface area contributed by atoms with E-state index in [-0.39, 0.29) is 12.4 Å². The Morgan fingerprint density at radius 3 is 1.88 bits per heavy atom. The number of rotatable bonds is 6. The second kappa shape index (κ2) is 7.73. The van der Waals surface area contributed by atoms with E-state index in [0.717, 1.165) is 16.7 Å². The van der Waals surface area contributed by atoms with Crippen LogP contribution in [0.2, 0.25) is 0 Å². The highest BCUT2D eigenvalue weighted by Crippen LogP contribution is 2.38. The van der Waals surface area contributed by atoms with E-state index < -0.39 is 0 Å². The minimum atomic E-state index is -0.346. The van der Waals surface area contributed by atoms with Gasteiger partial charge in [0, 0.05) is 0 Å². The maximum Gasteiger partial charge on any atom is 0.315 e. The van der Waals surface area contributed by atoms with Crippen molar-refractivity contribution in [3.63, 3.8) is 0 Å². The molecule has 5 nitrogen and oxygen atoms in total. The Bertz CT molecular complexity index is 691. The van der Waals surface area contributed by atoms with Gasteiger partial charge in [-0.2, -0.15) is 0 Å².